The lowest BCUT2D eigenvalue weighted by Crippen LogP contribution is -2.34. The van der Waals surface area contributed by atoms with Gasteiger partial charge in [0.05, 0.1) is 0 Å². The van der Waals surface area contributed by atoms with Gasteiger partial charge in [0.15, 0.2) is 0 Å². The molecular weight excluding hydrogens is 359 g/mol. The predicted molar refractivity (Wildman–Crippen MR) is 104 cm³/mol. The maximum Gasteiger partial charge on any atom is 0.275 e. The third-order valence-electron chi connectivity index (χ3n) is 4.80. The van der Waals surface area contributed by atoms with Crippen molar-refractivity contribution in [3.63, 3.8) is 0 Å². The Morgan fingerprint density at radius 3 is 2.75 bits per heavy atom. The summed E-state index contributed by atoms with van der Waals surface area (Å²) in [5.74, 6) is 1.44. The van der Waals surface area contributed by atoms with Gasteiger partial charge in [0, 0.05) is 31.0 Å². The molecule has 1 atom stereocenters. The minimum absolute atomic E-state index is 0.246. The molecule has 0 radical (unpaired) electrons. The SMILES string of the molecule is C[C@@H]1CCCN(c2cc(-n3cnc(C(=O)Nc4ccc(F)cc4)c3)ncn2)C1. The van der Waals surface area contributed by atoms with E-state index in [4.69, 9.17) is 0 Å². The van der Waals surface area contributed by atoms with E-state index in [1.807, 2.05) is 6.07 Å². The molecule has 144 valence electrons. The van der Waals surface area contributed by atoms with E-state index < -0.39 is 0 Å². The molecule has 0 saturated carbocycles. The number of nitrogens with one attached hydrogen (secondary N) is 1. The minimum Gasteiger partial charge on any atom is -0.356 e. The third-order valence-corrected chi connectivity index (χ3v) is 4.80. The summed E-state index contributed by atoms with van der Waals surface area (Å²) in [6.07, 6.45) is 7.08. The molecular formula is C20H21FN6O. The first kappa shape index (κ1) is 18.1. The van der Waals surface area contributed by atoms with Gasteiger partial charge >= 0.3 is 0 Å². The van der Waals surface area contributed by atoms with E-state index in [2.05, 4.69) is 32.1 Å². The third kappa shape index (κ3) is 4.00. The molecule has 1 fully saturated rings. The second-order valence-corrected chi connectivity index (χ2v) is 7.06. The minimum atomic E-state index is -0.371. The Bertz CT molecular complexity index is 971. The van der Waals surface area contributed by atoms with E-state index in [1.54, 1.807) is 17.1 Å². The van der Waals surface area contributed by atoms with Crippen LogP contribution in [-0.2, 0) is 0 Å². The van der Waals surface area contributed by atoms with Crippen molar-refractivity contribution in [3.8, 4) is 5.82 Å². The predicted octanol–water partition coefficient (Wildman–Crippen LogP) is 3.29. The fraction of sp³-hybridized carbons (Fsp3) is 0.300. The number of nitrogens with zero attached hydrogens (tertiary/aromatic N) is 5. The number of carbonyl (C=O) groups is 1. The van der Waals surface area contributed by atoms with E-state index >= 15 is 0 Å². The molecule has 28 heavy (non-hydrogen) atoms. The number of aromatic nitrogens is 4. The molecule has 0 aliphatic carbocycles. The standard InChI is InChI=1S/C20H21FN6O/c1-14-3-2-8-26(10-14)18-9-19(23-12-22-18)27-11-17(24-13-27)20(28)25-16-6-4-15(21)5-7-16/h4-7,9,11-14H,2-3,8,10H2,1H3,(H,25,28)/t14-/m1/s1. The zero-order valence-electron chi connectivity index (χ0n) is 15.5. The van der Waals surface area contributed by atoms with Gasteiger partial charge < -0.3 is 10.2 Å². The Balaban J connectivity index is 1.50. The van der Waals surface area contributed by atoms with Gasteiger partial charge in [-0.2, -0.15) is 0 Å². The van der Waals surface area contributed by atoms with Gasteiger partial charge in [-0.1, -0.05) is 6.92 Å². The van der Waals surface area contributed by atoms with E-state index in [0.29, 0.717) is 17.4 Å². The van der Waals surface area contributed by atoms with Crippen molar-refractivity contribution < 1.29 is 9.18 Å². The number of anilines is 2. The summed E-state index contributed by atoms with van der Waals surface area (Å²) in [5.41, 5.74) is 0.751. The molecule has 7 nitrogen and oxygen atoms in total. The lowest BCUT2D eigenvalue weighted by atomic mass is 10.0. The topological polar surface area (TPSA) is 75.9 Å². The van der Waals surface area contributed by atoms with Crippen molar-refractivity contribution >= 4 is 17.4 Å². The lowest BCUT2D eigenvalue weighted by molar-refractivity contribution is 0.102. The zero-order valence-corrected chi connectivity index (χ0v) is 15.5. The molecule has 0 spiro atoms. The number of amides is 1. The van der Waals surface area contributed by atoms with Gasteiger partial charge in [-0.25, -0.2) is 19.3 Å². The molecule has 0 bridgehead atoms. The molecule has 4 rings (SSSR count). The monoisotopic (exact) mass is 380 g/mol. The summed E-state index contributed by atoms with van der Waals surface area (Å²) in [6.45, 7) is 4.21. The van der Waals surface area contributed by atoms with Crippen LogP contribution < -0.4 is 10.2 Å². The van der Waals surface area contributed by atoms with Crippen molar-refractivity contribution in [1.82, 2.24) is 19.5 Å². The van der Waals surface area contributed by atoms with Crippen LogP contribution in [0.5, 0.6) is 0 Å². The molecule has 1 aliphatic rings. The highest BCUT2D eigenvalue weighted by Gasteiger charge is 2.18. The molecule has 1 saturated heterocycles. The summed E-state index contributed by atoms with van der Waals surface area (Å²) in [6, 6.07) is 7.48. The highest BCUT2D eigenvalue weighted by atomic mass is 19.1. The molecule has 1 aliphatic heterocycles. The van der Waals surface area contributed by atoms with Gasteiger partial charge in [0.25, 0.3) is 5.91 Å². The van der Waals surface area contributed by atoms with Crippen molar-refractivity contribution in [1.29, 1.82) is 0 Å². The summed E-state index contributed by atoms with van der Waals surface area (Å²) in [4.78, 5) is 27.5. The van der Waals surface area contributed by atoms with Gasteiger partial charge in [0.1, 0.15) is 35.8 Å². The highest BCUT2D eigenvalue weighted by Crippen LogP contribution is 2.22. The van der Waals surface area contributed by atoms with E-state index in [9.17, 15) is 9.18 Å². The van der Waals surface area contributed by atoms with Gasteiger partial charge in [-0.3, -0.25) is 9.36 Å². The molecule has 2 aromatic heterocycles. The Kier molecular flexibility index (Phi) is 5.01. The number of hydrogen-bond donors (Lipinski definition) is 1. The Labute approximate surface area is 162 Å². The summed E-state index contributed by atoms with van der Waals surface area (Å²) < 4.78 is 14.7. The molecule has 0 unspecified atom stereocenters. The first-order chi connectivity index (χ1) is 13.6. The number of piperidine rings is 1. The maximum absolute atomic E-state index is 13.0. The van der Waals surface area contributed by atoms with Crippen molar-refractivity contribution in [2.45, 2.75) is 19.8 Å². The molecule has 3 aromatic rings. The highest BCUT2D eigenvalue weighted by molar-refractivity contribution is 6.02. The Morgan fingerprint density at radius 2 is 1.96 bits per heavy atom. The van der Waals surface area contributed by atoms with Crippen LogP contribution in [-0.4, -0.2) is 38.5 Å². The molecule has 8 heteroatoms. The second-order valence-electron chi connectivity index (χ2n) is 7.06. The average Bonchev–Trinajstić information content (AvgIpc) is 3.20. The number of carbonyl (C=O) groups excluding carboxylic acids is 1. The van der Waals surface area contributed by atoms with Crippen molar-refractivity contribution in [3.05, 3.63) is 60.7 Å². The van der Waals surface area contributed by atoms with E-state index in [-0.39, 0.29) is 17.4 Å². The number of benzene rings is 1. The second kappa shape index (κ2) is 7.75. The Morgan fingerprint density at radius 1 is 1.18 bits per heavy atom. The number of hydrogen-bond acceptors (Lipinski definition) is 5. The fourth-order valence-electron chi connectivity index (χ4n) is 3.34. The molecule has 1 aromatic carbocycles. The van der Waals surface area contributed by atoms with Crippen LogP contribution in [0.2, 0.25) is 0 Å². The quantitative estimate of drug-likeness (QED) is 0.752. The van der Waals surface area contributed by atoms with Crippen LogP contribution in [0.25, 0.3) is 5.82 Å². The smallest absolute Gasteiger partial charge is 0.275 e. The van der Waals surface area contributed by atoms with E-state index in [1.165, 1.54) is 37.0 Å². The van der Waals surface area contributed by atoms with Crippen molar-refractivity contribution in [2.75, 3.05) is 23.3 Å². The summed E-state index contributed by atoms with van der Waals surface area (Å²) in [5, 5.41) is 2.70. The van der Waals surface area contributed by atoms with Gasteiger partial charge in [0.2, 0.25) is 0 Å². The number of rotatable bonds is 4. The van der Waals surface area contributed by atoms with Crippen LogP contribution in [0.15, 0.2) is 49.2 Å². The largest absolute Gasteiger partial charge is 0.356 e. The maximum atomic E-state index is 13.0. The van der Waals surface area contributed by atoms with Gasteiger partial charge in [-0.15, -0.1) is 0 Å². The number of imidazole rings is 1. The van der Waals surface area contributed by atoms with E-state index in [0.717, 1.165) is 25.3 Å². The zero-order chi connectivity index (χ0) is 19.5. The van der Waals surface area contributed by atoms with Crippen LogP contribution in [0.1, 0.15) is 30.3 Å². The van der Waals surface area contributed by atoms with Crippen LogP contribution in [0, 0.1) is 11.7 Å². The summed E-state index contributed by atoms with van der Waals surface area (Å²) >= 11 is 0. The molecule has 1 N–H and O–H groups in total. The first-order valence-corrected chi connectivity index (χ1v) is 9.27. The van der Waals surface area contributed by atoms with Crippen LogP contribution >= 0.6 is 0 Å². The number of halogens is 1. The average molecular weight is 380 g/mol. The van der Waals surface area contributed by atoms with Crippen LogP contribution in [0.4, 0.5) is 15.9 Å². The fourth-order valence-corrected chi connectivity index (χ4v) is 3.34. The van der Waals surface area contributed by atoms with Crippen molar-refractivity contribution in [2.24, 2.45) is 5.92 Å². The van der Waals surface area contributed by atoms with Crippen LogP contribution in [0.3, 0.4) is 0 Å². The summed E-state index contributed by atoms with van der Waals surface area (Å²) in [7, 11) is 0. The first-order valence-electron chi connectivity index (χ1n) is 9.27. The molecule has 1 amide bonds. The van der Waals surface area contributed by atoms with Gasteiger partial charge in [-0.05, 0) is 43.0 Å². The normalized spacial score (nSPS) is 16.8. The molecule has 3 heterocycles. The lowest BCUT2D eigenvalue weighted by Gasteiger charge is -2.31. The Hall–Kier alpha value is -3.29.